The molecule has 0 bridgehead atoms. The van der Waals surface area contributed by atoms with Gasteiger partial charge in [-0.1, -0.05) is 23.2 Å². The maximum atomic E-state index is 11.9. The Balaban J connectivity index is 1.94. The normalized spacial score (nSPS) is 10.2. The molecular weight excluding hydrogens is 341 g/mol. The maximum absolute atomic E-state index is 11.9. The van der Waals surface area contributed by atoms with E-state index in [1.54, 1.807) is 12.1 Å². The van der Waals surface area contributed by atoms with Crippen molar-refractivity contribution in [2.75, 3.05) is 23.4 Å². The monoisotopic (exact) mass is 353 g/mol. The number of amides is 1. The Morgan fingerprint density at radius 1 is 1.04 bits per heavy atom. The minimum atomic E-state index is -0.707. The molecule has 8 heteroatoms. The van der Waals surface area contributed by atoms with Crippen LogP contribution >= 0.6 is 23.2 Å². The molecule has 0 atom stereocenters. The van der Waals surface area contributed by atoms with Crippen LogP contribution in [0, 0.1) is 0 Å². The highest BCUT2D eigenvalue weighted by atomic mass is 35.5. The maximum Gasteiger partial charge on any atom is 0.338 e. The van der Waals surface area contributed by atoms with E-state index in [4.69, 9.17) is 39.4 Å². The first-order chi connectivity index (χ1) is 10.8. The second-order valence-electron chi connectivity index (χ2n) is 4.64. The quantitative estimate of drug-likeness (QED) is 0.578. The molecule has 0 aliphatic rings. The number of hydrogen-bond donors (Lipinski definition) is 3. The number of anilines is 3. The lowest BCUT2D eigenvalue weighted by atomic mass is 10.2. The number of rotatable bonds is 4. The Bertz CT molecular complexity index is 745. The molecule has 0 fully saturated rings. The standard InChI is InChI=1S/C15H13Cl2N3O3/c16-9-1-2-13(12(17)5-9)20-14(21)7-23-15(22)8-3-10(18)6-11(19)4-8/h1-6H,7,18-19H2,(H,20,21). The van der Waals surface area contributed by atoms with Crippen LogP contribution in [0.25, 0.3) is 0 Å². The summed E-state index contributed by atoms with van der Waals surface area (Å²) >= 11 is 11.7. The van der Waals surface area contributed by atoms with Gasteiger partial charge < -0.3 is 21.5 Å². The van der Waals surface area contributed by atoms with Crippen LogP contribution in [0.2, 0.25) is 10.0 Å². The third-order valence-electron chi connectivity index (χ3n) is 2.75. The molecule has 23 heavy (non-hydrogen) atoms. The summed E-state index contributed by atoms with van der Waals surface area (Å²) in [5.74, 6) is -1.25. The molecule has 0 spiro atoms. The van der Waals surface area contributed by atoms with Crippen molar-refractivity contribution in [3.63, 3.8) is 0 Å². The zero-order chi connectivity index (χ0) is 17.0. The van der Waals surface area contributed by atoms with E-state index in [0.29, 0.717) is 22.1 Å². The van der Waals surface area contributed by atoms with Crippen LogP contribution in [-0.4, -0.2) is 18.5 Å². The topological polar surface area (TPSA) is 107 Å². The van der Waals surface area contributed by atoms with Crippen LogP contribution in [0.5, 0.6) is 0 Å². The van der Waals surface area contributed by atoms with E-state index in [2.05, 4.69) is 5.32 Å². The lowest BCUT2D eigenvalue weighted by Crippen LogP contribution is -2.21. The van der Waals surface area contributed by atoms with Gasteiger partial charge in [0.1, 0.15) is 0 Å². The highest BCUT2D eigenvalue weighted by Crippen LogP contribution is 2.25. The number of halogens is 2. The van der Waals surface area contributed by atoms with Gasteiger partial charge in [0, 0.05) is 16.4 Å². The first-order valence-electron chi connectivity index (χ1n) is 6.43. The Morgan fingerprint density at radius 3 is 2.30 bits per heavy atom. The predicted octanol–water partition coefficient (Wildman–Crippen LogP) is 2.95. The molecule has 0 unspecified atom stereocenters. The summed E-state index contributed by atoms with van der Waals surface area (Å²) in [7, 11) is 0. The summed E-state index contributed by atoms with van der Waals surface area (Å²) in [6.45, 7) is -0.480. The molecule has 2 aromatic carbocycles. The minimum absolute atomic E-state index is 0.167. The molecule has 5 N–H and O–H groups in total. The van der Waals surface area contributed by atoms with Gasteiger partial charge in [0.25, 0.3) is 5.91 Å². The molecule has 0 heterocycles. The molecule has 120 valence electrons. The van der Waals surface area contributed by atoms with Crippen LogP contribution in [0.15, 0.2) is 36.4 Å². The second kappa shape index (κ2) is 7.21. The molecule has 2 aromatic rings. The van der Waals surface area contributed by atoms with Gasteiger partial charge in [-0.15, -0.1) is 0 Å². The van der Waals surface area contributed by atoms with E-state index in [9.17, 15) is 9.59 Å². The van der Waals surface area contributed by atoms with Crippen LogP contribution in [0.1, 0.15) is 10.4 Å². The zero-order valence-electron chi connectivity index (χ0n) is 11.8. The van der Waals surface area contributed by atoms with Crippen molar-refractivity contribution in [2.24, 2.45) is 0 Å². The van der Waals surface area contributed by atoms with Gasteiger partial charge in [0.05, 0.1) is 16.3 Å². The fourth-order valence-electron chi connectivity index (χ4n) is 1.79. The van der Waals surface area contributed by atoms with Crippen LogP contribution in [-0.2, 0) is 9.53 Å². The van der Waals surface area contributed by atoms with Gasteiger partial charge >= 0.3 is 5.97 Å². The number of benzene rings is 2. The fourth-order valence-corrected chi connectivity index (χ4v) is 2.24. The Labute approximate surface area is 142 Å². The highest BCUT2D eigenvalue weighted by Gasteiger charge is 2.12. The third-order valence-corrected chi connectivity index (χ3v) is 3.30. The van der Waals surface area contributed by atoms with Crippen molar-refractivity contribution in [3.05, 3.63) is 52.0 Å². The number of ether oxygens (including phenoxy) is 1. The van der Waals surface area contributed by atoms with Crippen molar-refractivity contribution in [3.8, 4) is 0 Å². The summed E-state index contributed by atoms with van der Waals surface area (Å²) in [4.78, 5) is 23.7. The summed E-state index contributed by atoms with van der Waals surface area (Å²) in [5, 5.41) is 3.23. The van der Waals surface area contributed by atoms with E-state index >= 15 is 0 Å². The van der Waals surface area contributed by atoms with Crippen molar-refractivity contribution in [1.29, 1.82) is 0 Å². The largest absolute Gasteiger partial charge is 0.452 e. The van der Waals surface area contributed by atoms with Gasteiger partial charge in [-0.3, -0.25) is 4.79 Å². The minimum Gasteiger partial charge on any atom is -0.452 e. The van der Waals surface area contributed by atoms with E-state index in [1.807, 2.05) is 0 Å². The number of carbonyl (C=O) groups excluding carboxylic acids is 2. The summed E-state index contributed by atoms with van der Waals surface area (Å²) in [6, 6.07) is 8.93. The van der Waals surface area contributed by atoms with Gasteiger partial charge in [0.2, 0.25) is 0 Å². The lowest BCUT2D eigenvalue weighted by Gasteiger charge is -2.09. The van der Waals surface area contributed by atoms with E-state index in [1.165, 1.54) is 24.3 Å². The molecule has 0 saturated heterocycles. The second-order valence-corrected chi connectivity index (χ2v) is 5.48. The van der Waals surface area contributed by atoms with Gasteiger partial charge in [0.15, 0.2) is 6.61 Å². The first kappa shape index (κ1) is 16.9. The molecule has 0 aromatic heterocycles. The summed E-state index contributed by atoms with van der Waals surface area (Å²) in [5.41, 5.74) is 12.4. The Hall–Kier alpha value is -2.44. The SMILES string of the molecule is Nc1cc(N)cc(C(=O)OCC(=O)Nc2ccc(Cl)cc2Cl)c1. The average molecular weight is 354 g/mol. The van der Waals surface area contributed by atoms with E-state index in [-0.39, 0.29) is 10.6 Å². The molecular formula is C15H13Cl2N3O3. The number of nitrogens with two attached hydrogens (primary N) is 2. The number of nitrogens with one attached hydrogen (secondary N) is 1. The fraction of sp³-hybridized carbons (Fsp3) is 0.0667. The van der Waals surface area contributed by atoms with Crippen molar-refractivity contribution < 1.29 is 14.3 Å². The number of esters is 1. The first-order valence-corrected chi connectivity index (χ1v) is 7.19. The molecule has 6 nitrogen and oxygen atoms in total. The molecule has 0 radical (unpaired) electrons. The number of carbonyl (C=O) groups is 2. The molecule has 2 rings (SSSR count). The summed E-state index contributed by atoms with van der Waals surface area (Å²) in [6.07, 6.45) is 0. The molecule has 0 aliphatic heterocycles. The van der Waals surface area contributed by atoms with Crippen molar-refractivity contribution in [2.45, 2.75) is 0 Å². The van der Waals surface area contributed by atoms with Crippen molar-refractivity contribution >= 4 is 52.1 Å². The summed E-state index contributed by atoms with van der Waals surface area (Å²) < 4.78 is 4.90. The Kier molecular flexibility index (Phi) is 5.31. The number of hydrogen-bond acceptors (Lipinski definition) is 5. The average Bonchev–Trinajstić information content (AvgIpc) is 2.46. The lowest BCUT2D eigenvalue weighted by molar-refractivity contribution is -0.119. The van der Waals surface area contributed by atoms with Gasteiger partial charge in [-0.2, -0.15) is 0 Å². The van der Waals surface area contributed by atoms with Gasteiger partial charge in [-0.05, 0) is 36.4 Å². The molecule has 0 saturated carbocycles. The molecule has 1 amide bonds. The van der Waals surface area contributed by atoms with Crippen LogP contribution < -0.4 is 16.8 Å². The van der Waals surface area contributed by atoms with Gasteiger partial charge in [-0.25, -0.2) is 4.79 Å². The smallest absolute Gasteiger partial charge is 0.338 e. The highest BCUT2D eigenvalue weighted by molar-refractivity contribution is 6.36. The predicted molar refractivity (Wildman–Crippen MR) is 90.6 cm³/mol. The number of nitrogen functional groups attached to an aromatic ring is 2. The zero-order valence-corrected chi connectivity index (χ0v) is 13.3. The van der Waals surface area contributed by atoms with E-state index in [0.717, 1.165) is 0 Å². The van der Waals surface area contributed by atoms with E-state index < -0.39 is 18.5 Å². The Morgan fingerprint density at radius 2 is 1.70 bits per heavy atom. The van der Waals surface area contributed by atoms with Crippen LogP contribution in [0.4, 0.5) is 17.1 Å². The third kappa shape index (κ3) is 4.77. The molecule has 0 aliphatic carbocycles. The van der Waals surface area contributed by atoms with Crippen molar-refractivity contribution in [1.82, 2.24) is 0 Å². The van der Waals surface area contributed by atoms with Crippen LogP contribution in [0.3, 0.4) is 0 Å².